The fourth-order valence-electron chi connectivity index (χ4n) is 0.840. The molecule has 5 nitrogen and oxygen atoms in total. The van der Waals surface area contributed by atoms with Gasteiger partial charge in [-0.2, -0.15) is 5.48 Å². The van der Waals surface area contributed by atoms with Gasteiger partial charge >= 0.3 is 5.97 Å². The summed E-state index contributed by atoms with van der Waals surface area (Å²) in [5.41, 5.74) is 7.35. The van der Waals surface area contributed by atoms with Crippen LogP contribution in [0.5, 0.6) is 0 Å². The smallest absolute Gasteiger partial charge is 0.323 e. The summed E-state index contributed by atoms with van der Waals surface area (Å²) in [4.78, 5) is 15.1. The summed E-state index contributed by atoms with van der Waals surface area (Å²) in [6.07, 6.45) is -0.121. The molecule has 0 aliphatic carbocycles. The van der Waals surface area contributed by atoms with Gasteiger partial charge < -0.3 is 10.8 Å². The van der Waals surface area contributed by atoms with Crippen molar-refractivity contribution in [1.82, 2.24) is 5.48 Å². The zero-order valence-electron chi connectivity index (χ0n) is 5.66. The van der Waals surface area contributed by atoms with Crippen molar-refractivity contribution < 1.29 is 14.7 Å². The third-order valence-electron chi connectivity index (χ3n) is 1.47. The molecule has 0 aromatic heterocycles. The minimum Gasteiger partial charge on any atom is -0.480 e. The molecule has 1 aliphatic heterocycles. The van der Waals surface area contributed by atoms with Gasteiger partial charge in [0.15, 0.2) is 0 Å². The fraction of sp³-hybridized carbons (Fsp3) is 0.800. The average molecular weight is 181 g/mol. The minimum absolute atomic E-state index is 0.342. The van der Waals surface area contributed by atoms with Crippen LogP contribution < -0.4 is 11.2 Å². The van der Waals surface area contributed by atoms with Crippen molar-refractivity contribution >= 4 is 17.6 Å². The highest BCUT2D eigenvalue weighted by Crippen LogP contribution is 2.15. The predicted octanol–water partition coefficient (Wildman–Crippen LogP) is -0.743. The van der Waals surface area contributed by atoms with Gasteiger partial charge in [0.2, 0.25) is 0 Å². The SMILES string of the molecule is N[C@H](C(=O)O)[C@@H]1CC(Cl)NO1. The van der Waals surface area contributed by atoms with E-state index in [1.165, 1.54) is 0 Å². The topological polar surface area (TPSA) is 84.6 Å². The second-order valence-corrected chi connectivity index (χ2v) is 2.87. The lowest BCUT2D eigenvalue weighted by Gasteiger charge is -2.11. The molecule has 64 valence electrons. The molecule has 0 amide bonds. The van der Waals surface area contributed by atoms with Gasteiger partial charge in [0, 0.05) is 6.42 Å². The van der Waals surface area contributed by atoms with Crippen LogP contribution >= 0.6 is 11.6 Å². The highest BCUT2D eigenvalue weighted by atomic mass is 35.5. The third kappa shape index (κ3) is 2.03. The molecule has 0 spiro atoms. The molecule has 0 aromatic rings. The number of carbonyl (C=O) groups is 1. The molecule has 1 unspecified atom stereocenters. The Labute approximate surface area is 68.4 Å². The average Bonchev–Trinajstić information content (AvgIpc) is 2.34. The Hall–Kier alpha value is -0.360. The van der Waals surface area contributed by atoms with Crippen LogP contribution in [0.3, 0.4) is 0 Å². The van der Waals surface area contributed by atoms with E-state index in [0.717, 1.165) is 0 Å². The summed E-state index contributed by atoms with van der Waals surface area (Å²) < 4.78 is 0. The maximum atomic E-state index is 10.3. The van der Waals surface area contributed by atoms with Crippen molar-refractivity contribution in [2.45, 2.75) is 24.1 Å². The Morgan fingerprint density at radius 3 is 2.91 bits per heavy atom. The number of alkyl halides is 1. The molecule has 6 heteroatoms. The highest BCUT2D eigenvalue weighted by Gasteiger charge is 2.32. The molecule has 3 atom stereocenters. The number of carboxylic acids is 1. The summed E-state index contributed by atoms with van der Waals surface area (Å²) >= 11 is 5.57. The van der Waals surface area contributed by atoms with Gasteiger partial charge in [-0.05, 0) is 0 Å². The van der Waals surface area contributed by atoms with E-state index in [4.69, 9.17) is 27.3 Å². The summed E-state index contributed by atoms with van der Waals surface area (Å²) in [5.74, 6) is -1.08. The lowest BCUT2D eigenvalue weighted by atomic mass is 10.1. The molecule has 1 saturated heterocycles. The van der Waals surface area contributed by atoms with E-state index in [2.05, 4.69) is 5.48 Å². The van der Waals surface area contributed by atoms with Crippen LogP contribution in [0.15, 0.2) is 0 Å². The maximum Gasteiger partial charge on any atom is 0.323 e. The number of nitrogens with one attached hydrogen (secondary N) is 1. The number of aliphatic carboxylic acids is 1. The Morgan fingerprint density at radius 2 is 2.55 bits per heavy atom. The second-order valence-electron chi connectivity index (χ2n) is 2.34. The van der Waals surface area contributed by atoms with Gasteiger partial charge in [-0.25, -0.2) is 0 Å². The summed E-state index contributed by atoms with van der Waals surface area (Å²) in [7, 11) is 0. The normalized spacial score (nSPS) is 33.6. The number of rotatable bonds is 2. The van der Waals surface area contributed by atoms with Crippen LogP contribution in [-0.2, 0) is 9.63 Å². The molecule has 1 heterocycles. The van der Waals surface area contributed by atoms with Gasteiger partial charge in [-0.3, -0.25) is 9.63 Å². The third-order valence-corrected chi connectivity index (χ3v) is 1.74. The number of hydrogen-bond acceptors (Lipinski definition) is 4. The molecule has 1 aliphatic rings. The van der Waals surface area contributed by atoms with Crippen molar-refractivity contribution in [2.75, 3.05) is 0 Å². The summed E-state index contributed by atoms with van der Waals surface area (Å²) in [6, 6.07) is -1.01. The monoisotopic (exact) mass is 180 g/mol. The summed E-state index contributed by atoms with van der Waals surface area (Å²) in [5, 5.41) is 8.45. The van der Waals surface area contributed by atoms with Crippen LogP contribution in [-0.4, -0.2) is 28.7 Å². The molecule has 0 aromatic carbocycles. The van der Waals surface area contributed by atoms with Crippen LogP contribution in [0.4, 0.5) is 0 Å². The maximum absolute atomic E-state index is 10.3. The zero-order chi connectivity index (χ0) is 8.43. The first kappa shape index (κ1) is 8.73. The molecule has 11 heavy (non-hydrogen) atoms. The highest BCUT2D eigenvalue weighted by molar-refractivity contribution is 6.20. The largest absolute Gasteiger partial charge is 0.480 e. The van der Waals surface area contributed by atoms with E-state index in [1.54, 1.807) is 0 Å². The number of halogens is 1. The van der Waals surface area contributed by atoms with Crippen LogP contribution in [0.1, 0.15) is 6.42 Å². The van der Waals surface area contributed by atoms with Crippen LogP contribution in [0.25, 0.3) is 0 Å². The predicted molar refractivity (Wildman–Crippen MR) is 37.9 cm³/mol. The van der Waals surface area contributed by atoms with Gasteiger partial charge in [0.1, 0.15) is 17.6 Å². The van der Waals surface area contributed by atoms with Gasteiger partial charge in [-0.1, -0.05) is 0 Å². The van der Waals surface area contributed by atoms with Crippen molar-refractivity contribution in [2.24, 2.45) is 5.73 Å². The molecule has 1 fully saturated rings. The number of hydrogen-bond donors (Lipinski definition) is 3. The van der Waals surface area contributed by atoms with E-state index in [-0.39, 0.29) is 5.50 Å². The Morgan fingerprint density at radius 1 is 1.91 bits per heavy atom. The molecular formula is C5H9ClN2O3. The van der Waals surface area contributed by atoms with E-state index in [0.29, 0.717) is 6.42 Å². The van der Waals surface area contributed by atoms with Gasteiger partial charge in [-0.15, -0.1) is 11.6 Å². The van der Waals surface area contributed by atoms with E-state index in [1.807, 2.05) is 0 Å². The van der Waals surface area contributed by atoms with Crippen molar-refractivity contribution in [3.05, 3.63) is 0 Å². The Kier molecular flexibility index (Phi) is 2.67. The quantitative estimate of drug-likeness (QED) is 0.385. The van der Waals surface area contributed by atoms with Crippen molar-refractivity contribution in [3.63, 3.8) is 0 Å². The van der Waals surface area contributed by atoms with Crippen LogP contribution in [0.2, 0.25) is 0 Å². The van der Waals surface area contributed by atoms with Crippen molar-refractivity contribution in [3.8, 4) is 0 Å². The fourth-order valence-corrected chi connectivity index (χ4v) is 1.07. The molecular weight excluding hydrogens is 172 g/mol. The lowest BCUT2D eigenvalue weighted by molar-refractivity contribution is -0.142. The first-order valence-electron chi connectivity index (χ1n) is 3.15. The second kappa shape index (κ2) is 3.36. The molecule has 0 radical (unpaired) electrons. The van der Waals surface area contributed by atoms with E-state index >= 15 is 0 Å². The van der Waals surface area contributed by atoms with Gasteiger partial charge in [0.25, 0.3) is 0 Å². The standard InChI is InChI=1S/C5H9ClN2O3/c6-3-1-2(11-8-3)4(7)5(9)10/h2-4,8H,1,7H2,(H,9,10)/t2-,3?,4-/m0/s1. The molecule has 0 saturated carbocycles. The van der Waals surface area contributed by atoms with Gasteiger partial charge in [0.05, 0.1) is 0 Å². The summed E-state index contributed by atoms with van der Waals surface area (Å²) in [6.45, 7) is 0. The lowest BCUT2D eigenvalue weighted by Crippen LogP contribution is -2.41. The van der Waals surface area contributed by atoms with Crippen molar-refractivity contribution in [1.29, 1.82) is 0 Å². The Bertz CT molecular complexity index is 166. The molecule has 1 rings (SSSR count). The number of hydroxylamine groups is 1. The number of nitrogens with two attached hydrogens (primary N) is 1. The van der Waals surface area contributed by atoms with Crippen LogP contribution in [0, 0.1) is 0 Å². The van der Waals surface area contributed by atoms with E-state index in [9.17, 15) is 4.79 Å². The first-order chi connectivity index (χ1) is 5.11. The first-order valence-corrected chi connectivity index (χ1v) is 3.58. The minimum atomic E-state index is -1.08. The molecule has 0 bridgehead atoms. The Balaban J connectivity index is 2.43. The van der Waals surface area contributed by atoms with E-state index < -0.39 is 18.1 Å². The molecule has 4 N–H and O–H groups in total. The zero-order valence-corrected chi connectivity index (χ0v) is 6.41. The number of carboxylic acid groups (broad SMARTS) is 1.